The van der Waals surface area contributed by atoms with Crippen LogP contribution in [0.4, 0.5) is 0 Å². The Hall–Kier alpha value is -2.15. The van der Waals surface area contributed by atoms with Crippen molar-refractivity contribution in [3.05, 3.63) is 35.3 Å². The van der Waals surface area contributed by atoms with Crippen LogP contribution in [0.2, 0.25) is 0 Å². The Kier molecular flexibility index (Phi) is 5.13. The predicted octanol–water partition coefficient (Wildman–Crippen LogP) is 1.28. The van der Waals surface area contributed by atoms with Gasteiger partial charge in [0.15, 0.2) is 17.9 Å². The molecule has 0 saturated carbocycles. The van der Waals surface area contributed by atoms with E-state index in [2.05, 4.69) is 0 Å². The van der Waals surface area contributed by atoms with Gasteiger partial charge in [-0.05, 0) is 39.7 Å². The molecule has 0 radical (unpaired) electrons. The first-order chi connectivity index (χ1) is 11.2. The minimum atomic E-state index is -1.16. The average molecular weight is 336 g/mol. The van der Waals surface area contributed by atoms with Crippen LogP contribution in [0, 0.1) is 5.21 Å². The quantitative estimate of drug-likeness (QED) is 0.470. The Labute approximate surface area is 141 Å². The minimum absolute atomic E-state index is 0.0534. The lowest BCUT2D eigenvalue weighted by molar-refractivity contribution is -0.605. The molecule has 132 valence electrons. The third-order valence-corrected chi connectivity index (χ3v) is 3.92. The number of amides is 1. The molecule has 7 nitrogen and oxygen atoms in total. The maximum Gasteiger partial charge on any atom is 0.335 e. The highest BCUT2D eigenvalue weighted by molar-refractivity contribution is 5.98. The number of likely N-dealkylation sites (tertiary alicyclic amines) is 1. The zero-order valence-electron chi connectivity index (χ0n) is 14.6. The van der Waals surface area contributed by atoms with Crippen molar-refractivity contribution in [1.29, 1.82) is 0 Å². The van der Waals surface area contributed by atoms with E-state index in [0.29, 0.717) is 24.1 Å². The molecule has 1 saturated heterocycles. The Morgan fingerprint density at radius 3 is 2.71 bits per heavy atom. The monoisotopic (exact) mass is 336 g/mol. The first kappa shape index (κ1) is 18.2. The molecule has 0 N–H and O–H groups in total. The van der Waals surface area contributed by atoms with Crippen LogP contribution in [-0.2, 0) is 14.3 Å². The van der Waals surface area contributed by atoms with E-state index in [1.807, 2.05) is 0 Å². The van der Waals surface area contributed by atoms with Crippen LogP contribution >= 0.6 is 0 Å². The van der Waals surface area contributed by atoms with Crippen LogP contribution in [-0.4, -0.2) is 48.2 Å². The number of hydrogen-bond acceptors (Lipinski definition) is 5. The number of methoxy groups -OCH3 is 1. The van der Waals surface area contributed by atoms with Crippen LogP contribution in [0.5, 0.6) is 0 Å². The van der Waals surface area contributed by atoms with E-state index in [4.69, 9.17) is 9.47 Å². The number of carbonyl (C=O) groups is 2. The maximum atomic E-state index is 12.9. The molecule has 1 aromatic rings. The molecular weight excluding hydrogens is 312 g/mol. The second kappa shape index (κ2) is 6.76. The van der Waals surface area contributed by atoms with Crippen LogP contribution in [0.1, 0.15) is 44.0 Å². The molecule has 0 aliphatic carbocycles. The van der Waals surface area contributed by atoms with E-state index in [1.54, 1.807) is 26.8 Å². The van der Waals surface area contributed by atoms with Gasteiger partial charge in [0.2, 0.25) is 0 Å². The molecule has 0 aromatic carbocycles. The molecule has 24 heavy (non-hydrogen) atoms. The summed E-state index contributed by atoms with van der Waals surface area (Å²) in [7, 11) is 1.49. The normalized spacial score (nSPS) is 20.9. The summed E-state index contributed by atoms with van der Waals surface area (Å²) in [5.74, 6) is -0.853. The predicted molar refractivity (Wildman–Crippen MR) is 86.1 cm³/mol. The van der Waals surface area contributed by atoms with E-state index >= 15 is 0 Å². The van der Waals surface area contributed by atoms with Gasteiger partial charge in [-0.2, -0.15) is 4.73 Å². The lowest BCUT2D eigenvalue weighted by Gasteiger charge is -2.37. The highest BCUT2D eigenvalue weighted by Crippen LogP contribution is 2.33. The van der Waals surface area contributed by atoms with E-state index in [1.165, 1.54) is 30.5 Å². The average Bonchev–Trinajstić information content (AvgIpc) is 2.90. The number of aromatic nitrogens is 1. The van der Waals surface area contributed by atoms with Crippen molar-refractivity contribution < 1.29 is 23.8 Å². The number of ether oxygens (including phenoxy) is 2. The second-order valence-corrected chi connectivity index (χ2v) is 6.98. The molecule has 1 unspecified atom stereocenters. The number of hydrogen-bond donors (Lipinski definition) is 0. The van der Waals surface area contributed by atoms with Crippen molar-refractivity contribution in [1.82, 2.24) is 4.90 Å². The van der Waals surface area contributed by atoms with Crippen LogP contribution in [0.25, 0.3) is 0 Å². The first-order valence-corrected chi connectivity index (χ1v) is 7.93. The van der Waals surface area contributed by atoms with Crippen molar-refractivity contribution in [2.24, 2.45) is 0 Å². The van der Waals surface area contributed by atoms with E-state index in [9.17, 15) is 14.8 Å². The Morgan fingerprint density at radius 1 is 1.42 bits per heavy atom. The Balaban J connectivity index is 2.36. The number of rotatable bonds is 4. The minimum Gasteiger partial charge on any atom is -0.619 e. The van der Waals surface area contributed by atoms with Crippen molar-refractivity contribution in [3.63, 3.8) is 0 Å². The Morgan fingerprint density at radius 2 is 2.12 bits per heavy atom. The van der Waals surface area contributed by atoms with Crippen molar-refractivity contribution in [3.8, 4) is 0 Å². The molecule has 1 aromatic heterocycles. The molecule has 2 rings (SSSR count). The number of nitrogens with zero attached hydrogens (tertiary/aromatic N) is 2. The van der Waals surface area contributed by atoms with Gasteiger partial charge in [0, 0.05) is 19.7 Å². The first-order valence-electron chi connectivity index (χ1n) is 7.93. The molecule has 1 fully saturated rings. The van der Waals surface area contributed by atoms with Crippen LogP contribution in [0.15, 0.2) is 24.5 Å². The fraction of sp³-hybridized carbons (Fsp3) is 0.588. The summed E-state index contributed by atoms with van der Waals surface area (Å²) in [5.41, 5.74) is -1.60. The van der Waals surface area contributed by atoms with Crippen LogP contribution < -0.4 is 4.73 Å². The standard InChI is InChI=1S/C17H24N2O5/c1-16(2,3)24-15(21)17(12-23-4)8-6-10-19(17)14(20)13-7-5-9-18(22)11-13/h5,7,9,11H,6,8,10,12H2,1-4H3. The summed E-state index contributed by atoms with van der Waals surface area (Å²) >= 11 is 0. The summed E-state index contributed by atoms with van der Waals surface area (Å²) in [5, 5.41) is 11.4. The van der Waals surface area contributed by atoms with Crippen LogP contribution in [0.3, 0.4) is 0 Å². The summed E-state index contributed by atoms with van der Waals surface area (Å²) in [6.45, 7) is 5.81. The second-order valence-electron chi connectivity index (χ2n) is 6.98. The highest BCUT2D eigenvalue weighted by Gasteiger charge is 2.52. The van der Waals surface area contributed by atoms with Gasteiger partial charge >= 0.3 is 5.97 Å². The molecular formula is C17H24N2O5. The summed E-state index contributed by atoms with van der Waals surface area (Å²) in [4.78, 5) is 27.2. The summed E-state index contributed by atoms with van der Waals surface area (Å²) < 4.78 is 11.3. The number of pyridine rings is 1. The summed E-state index contributed by atoms with van der Waals surface area (Å²) in [6.07, 6.45) is 3.63. The summed E-state index contributed by atoms with van der Waals surface area (Å²) in [6, 6.07) is 3.06. The molecule has 0 spiro atoms. The van der Waals surface area contributed by atoms with Gasteiger partial charge in [0.1, 0.15) is 11.2 Å². The lowest BCUT2D eigenvalue weighted by atomic mass is 9.96. The zero-order chi connectivity index (χ0) is 18.0. The topological polar surface area (TPSA) is 82.8 Å². The SMILES string of the molecule is COCC1(C(=O)OC(C)(C)C)CCCN1C(=O)c1ccc[n+]([O-])c1. The number of esters is 1. The maximum absolute atomic E-state index is 12.9. The third-order valence-electron chi connectivity index (χ3n) is 3.92. The smallest absolute Gasteiger partial charge is 0.335 e. The molecule has 1 aliphatic rings. The lowest BCUT2D eigenvalue weighted by Crippen LogP contribution is -2.58. The molecule has 1 amide bonds. The largest absolute Gasteiger partial charge is 0.619 e. The third kappa shape index (κ3) is 3.67. The van der Waals surface area contributed by atoms with E-state index < -0.39 is 17.1 Å². The van der Waals surface area contributed by atoms with E-state index in [0.717, 1.165) is 0 Å². The molecule has 1 aliphatic heterocycles. The van der Waals surface area contributed by atoms with Gasteiger partial charge in [-0.3, -0.25) is 4.79 Å². The highest BCUT2D eigenvalue weighted by atomic mass is 16.6. The van der Waals surface area contributed by atoms with Gasteiger partial charge in [-0.15, -0.1) is 0 Å². The van der Waals surface area contributed by atoms with Crippen molar-refractivity contribution >= 4 is 11.9 Å². The molecule has 7 heteroatoms. The molecule has 0 bridgehead atoms. The van der Waals surface area contributed by atoms with Crippen molar-refractivity contribution in [2.75, 3.05) is 20.3 Å². The van der Waals surface area contributed by atoms with Gasteiger partial charge < -0.3 is 19.6 Å². The fourth-order valence-electron chi connectivity index (χ4n) is 2.94. The van der Waals surface area contributed by atoms with E-state index in [-0.39, 0.29) is 18.1 Å². The molecule has 1 atom stereocenters. The van der Waals surface area contributed by atoms with Gasteiger partial charge in [-0.25, -0.2) is 4.79 Å². The number of carbonyl (C=O) groups excluding carboxylic acids is 2. The molecule has 2 heterocycles. The fourth-order valence-corrected chi connectivity index (χ4v) is 2.94. The van der Waals surface area contributed by atoms with Gasteiger partial charge in [0.25, 0.3) is 5.91 Å². The van der Waals surface area contributed by atoms with Gasteiger partial charge in [0.05, 0.1) is 6.61 Å². The zero-order valence-corrected chi connectivity index (χ0v) is 14.6. The Bertz CT molecular complexity index is 626. The van der Waals surface area contributed by atoms with Gasteiger partial charge in [-0.1, -0.05) is 0 Å². The van der Waals surface area contributed by atoms with Crippen molar-refractivity contribution in [2.45, 2.75) is 44.8 Å².